The molecule has 0 bridgehead atoms. The second-order valence-corrected chi connectivity index (χ2v) is 6.05. The fourth-order valence-electron chi connectivity index (χ4n) is 2.46. The fourth-order valence-corrected chi connectivity index (χ4v) is 2.46. The number of hydroxylamine groups is 2. The van der Waals surface area contributed by atoms with Crippen LogP contribution in [-0.4, -0.2) is 43.1 Å². The topological polar surface area (TPSA) is 84.4 Å². The summed E-state index contributed by atoms with van der Waals surface area (Å²) in [7, 11) is 5.47. The zero-order valence-electron chi connectivity index (χ0n) is 15.3. The van der Waals surface area contributed by atoms with E-state index in [1.54, 1.807) is 25.2 Å². The van der Waals surface area contributed by atoms with Crippen molar-refractivity contribution in [2.45, 2.75) is 0 Å². The molecule has 0 atom stereocenters. The minimum absolute atomic E-state index is 0. The molecule has 142 valence electrons. The number of guanidine groups is 1. The van der Waals surface area contributed by atoms with Gasteiger partial charge in [0.15, 0.2) is 5.75 Å². The minimum atomic E-state index is -0.399. The van der Waals surface area contributed by atoms with Crippen LogP contribution in [0.15, 0.2) is 54.6 Å². The molecule has 3 rings (SSSR count). The van der Waals surface area contributed by atoms with Gasteiger partial charge in [-0.2, -0.15) is 5.06 Å². The molecule has 1 heterocycles. The van der Waals surface area contributed by atoms with E-state index >= 15 is 0 Å². The number of anilines is 1. The molecule has 3 aromatic rings. The highest BCUT2D eigenvalue weighted by molar-refractivity contribution is 6.05. The molecule has 27 heavy (non-hydrogen) atoms. The first kappa shape index (κ1) is 20.1. The Labute approximate surface area is 163 Å². The maximum absolute atomic E-state index is 12.3. The number of carbonyl (C=O) groups excluding carboxylic acids is 1. The zero-order chi connectivity index (χ0) is 18.7. The summed E-state index contributed by atoms with van der Waals surface area (Å²) in [5, 5.41) is 12.7. The molecule has 1 aromatic heterocycles. The second-order valence-electron chi connectivity index (χ2n) is 6.05. The van der Waals surface area contributed by atoms with E-state index in [1.165, 1.54) is 5.06 Å². The normalized spacial score (nSPS) is 10.0. The molecule has 0 fully saturated rings. The third-order valence-electron chi connectivity index (χ3n) is 3.92. The predicted molar refractivity (Wildman–Crippen MR) is 110 cm³/mol. The van der Waals surface area contributed by atoms with Gasteiger partial charge in [0.2, 0.25) is 5.96 Å². The van der Waals surface area contributed by atoms with Crippen LogP contribution in [0.5, 0.6) is 5.75 Å². The van der Waals surface area contributed by atoms with E-state index in [9.17, 15) is 4.79 Å². The molecular formula is C19H22ClN5O2. The molecule has 3 N–H and O–H groups in total. The Hall–Kier alpha value is -3.19. The largest absolute Gasteiger partial charge is 0.378 e. The number of aromatic amines is 1. The molecule has 7 nitrogen and oxygen atoms in total. The average Bonchev–Trinajstić information content (AvgIpc) is 3.06. The third-order valence-corrected chi connectivity index (χ3v) is 3.92. The Morgan fingerprint density at radius 3 is 2.37 bits per heavy atom. The van der Waals surface area contributed by atoms with Crippen LogP contribution in [-0.2, 0) is 0 Å². The number of nitrogens with one attached hydrogen (secondary N) is 3. The third kappa shape index (κ3) is 4.71. The number of nitrogens with zero attached hydrogens (tertiary/aromatic N) is 2. The van der Waals surface area contributed by atoms with Gasteiger partial charge in [-0.1, -0.05) is 18.2 Å². The maximum Gasteiger partial charge on any atom is 0.274 e. The molecular weight excluding hydrogens is 366 g/mol. The Balaban J connectivity index is 0.00000261. The number of rotatable bonds is 4. The molecule has 0 saturated heterocycles. The van der Waals surface area contributed by atoms with Gasteiger partial charge in [0.05, 0.1) is 0 Å². The van der Waals surface area contributed by atoms with E-state index in [0.717, 1.165) is 16.6 Å². The van der Waals surface area contributed by atoms with Crippen molar-refractivity contribution < 1.29 is 9.63 Å². The summed E-state index contributed by atoms with van der Waals surface area (Å²) in [5.41, 5.74) is 2.30. The number of para-hydroxylation sites is 1. The Bertz CT molecular complexity index is 904. The van der Waals surface area contributed by atoms with Gasteiger partial charge >= 0.3 is 0 Å². The van der Waals surface area contributed by atoms with Crippen molar-refractivity contribution in [1.29, 1.82) is 5.41 Å². The SMILES string of the molecule is CN(Oc1ccc(N(C)C)cc1)C(=N)NC(=O)c1cc2ccccc2[nH]1.Cl. The molecule has 0 unspecified atom stereocenters. The number of fused-ring (bicyclic) bond motifs is 1. The van der Waals surface area contributed by atoms with E-state index in [1.807, 2.05) is 55.4 Å². The van der Waals surface area contributed by atoms with Gasteiger partial charge in [0.25, 0.3) is 5.91 Å². The summed E-state index contributed by atoms with van der Waals surface area (Å²) < 4.78 is 0. The summed E-state index contributed by atoms with van der Waals surface area (Å²) in [6.45, 7) is 0. The molecule has 0 saturated carbocycles. The lowest BCUT2D eigenvalue weighted by atomic mass is 10.2. The van der Waals surface area contributed by atoms with Gasteiger partial charge in [-0.3, -0.25) is 15.5 Å². The number of carbonyl (C=O) groups is 1. The van der Waals surface area contributed by atoms with Crippen molar-refractivity contribution in [2.75, 3.05) is 26.0 Å². The van der Waals surface area contributed by atoms with Crippen LogP contribution < -0.4 is 15.1 Å². The Morgan fingerprint density at radius 2 is 1.74 bits per heavy atom. The van der Waals surface area contributed by atoms with Crippen molar-refractivity contribution in [1.82, 2.24) is 15.4 Å². The van der Waals surface area contributed by atoms with E-state index < -0.39 is 5.91 Å². The van der Waals surface area contributed by atoms with Gasteiger partial charge in [-0.25, -0.2) is 0 Å². The van der Waals surface area contributed by atoms with Crippen molar-refractivity contribution >= 4 is 40.9 Å². The van der Waals surface area contributed by atoms with Crippen LogP contribution >= 0.6 is 12.4 Å². The highest BCUT2D eigenvalue weighted by atomic mass is 35.5. The number of hydrogen-bond donors (Lipinski definition) is 3. The lowest BCUT2D eigenvalue weighted by Gasteiger charge is -2.20. The van der Waals surface area contributed by atoms with E-state index in [2.05, 4.69) is 10.3 Å². The van der Waals surface area contributed by atoms with Crippen molar-refractivity contribution in [3.63, 3.8) is 0 Å². The number of halogens is 1. The quantitative estimate of drug-likeness (QED) is 0.364. The summed E-state index contributed by atoms with van der Waals surface area (Å²) in [4.78, 5) is 22.9. The first-order valence-electron chi connectivity index (χ1n) is 8.11. The second kappa shape index (κ2) is 8.46. The van der Waals surface area contributed by atoms with Crippen LogP contribution in [0, 0.1) is 5.41 Å². The van der Waals surface area contributed by atoms with Crippen molar-refractivity contribution in [3.8, 4) is 5.75 Å². The lowest BCUT2D eigenvalue weighted by Crippen LogP contribution is -2.43. The van der Waals surface area contributed by atoms with Gasteiger partial charge in [0, 0.05) is 37.7 Å². The highest BCUT2D eigenvalue weighted by Crippen LogP contribution is 2.18. The molecule has 0 aliphatic rings. The Morgan fingerprint density at radius 1 is 1.07 bits per heavy atom. The highest BCUT2D eigenvalue weighted by Gasteiger charge is 2.14. The van der Waals surface area contributed by atoms with E-state index in [4.69, 9.17) is 10.2 Å². The van der Waals surface area contributed by atoms with E-state index in [-0.39, 0.29) is 18.4 Å². The van der Waals surface area contributed by atoms with Crippen LogP contribution in [0.3, 0.4) is 0 Å². The van der Waals surface area contributed by atoms with Gasteiger partial charge in [-0.15, -0.1) is 12.4 Å². The van der Waals surface area contributed by atoms with Crippen LogP contribution in [0.2, 0.25) is 0 Å². The summed E-state index contributed by atoms with van der Waals surface area (Å²) in [6, 6.07) is 16.8. The fraction of sp³-hybridized carbons (Fsp3) is 0.158. The summed E-state index contributed by atoms with van der Waals surface area (Å²) >= 11 is 0. The number of aromatic nitrogens is 1. The van der Waals surface area contributed by atoms with E-state index in [0.29, 0.717) is 11.4 Å². The number of hydrogen-bond acceptors (Lipinski definition) is 4. The zero-order valence-corrected chi connectivity index (χ0v) is 16.1. The average molecular weight is 388 g/mol. The molecule has 0 aliphatic heterocycles. The van der Waals surface area contributed by atoms with Crippen molar-refractivity contribution in [2.24, 2.45) is 0 Å². The Kier molecular flexibility index (Phi) is 6.31. The molecule has 0 radical (unpaired) electrons. The van der Waals surface area contributed by atoms with Crippen LogP contribution in [0.25, 0.3) is 10.9 Å². The number of H-pyrrole nitrogens is 1. The molecule has 0 aliphatic carbocycles. The van der Waals surface area contributed by atoms with Crippen LogP contribution in [0.1, 0.15) is 10.5 Å². The first-order valence-corrected chi connectivity index (χ1v) is 8.11. The predicted octanol–water partition coefficient (Wildman–Crippen LogP) is 3.25. The molecule has 0 spiro atoms. The van der Waals surface area contributed by atoms with Crippen molar-refractivity contribution in [3.05, 3.63) is 60.3 Å². The lowest BCUT2D eigenvalue weighted by molar-refractivity contribution is 0.0413. The van der Waals surface area contributed by atoms with Gasteiger partial charge in [0.1, 0.15) is 5.69 Å². The molecule has 8 heteroatoms. The standard InChI is InChI=1S/C19H21N5O2.ClH/c1-23(2)14-8-10-15(11-9-14)26-24(3)19(20)22-18(25)17-12-13-6-4-5-7-16(13)21-17;/h4-12,21H,1-3H3,(H2,20,22,25);1H. The smallest absolute Gasteiger partial charge is 0.274 e. The summed E-state index contributed by atoms with van der Waals surface area (Å²) in [5.74, 6) is 0.0117. The molecule has 1 amide bonds. The first-order chi connectivity index (χ1) is 12.4. The monoisotopic (exact) mass is 387 g/mol. The number of benzene rings is 2. The minimum Gasteiger partial charge on any atom is -0.378 e. The molecule has 2 aromatic carbocycles. The van der Waals surface area contributed by atoms with Gasteiger partial charge < -0.3 is 14.7 Å². The van der Waals surface area contributed by atoms with Gasteiger partial charge in [-0.05, 0) is 36.4 Å². The maximum atomic E-state index is 12.3. The number of amides is 1. The summed E-state index contributed by atoms with van der Waals surface area (Å²) in [6.07, 6.45) is 0. The van der Waals surface area contributed by atoms with Crippen LogP contribution in [0.4, 0.5) is 5.69 Å².